The van der Waals surface area contributed by atoms with Crippen LogP contribution in [0.2, 0.25) is 0 Å². The summed E-state index contributed by atoms with van der Waals surface area (Å²) in [5.74, 6) is 0.0920. The van der Waals surface area contributed by atoms with Crippen LogP contribution in [0.25, 0.3) is 0 Å². The number of methoxy groups -OCH3 is 1. The van der Waals surface area contributed by atoms with Crippen molar-refractivity contribution in [2.24, 2.45) is 0 Å². The van der Waals surface area contributed by atoms with Crippen molar-refractivity contribution in [3.8, 4) is 0 Å². The minimum atomic E-state index is 0.0920. The molecule has 0 aromatic heterocycles. The van der Waals surface area contributed by atoms with Crippen LogP contribution in [-0.2, 0) is 9.53 Å². The van der Waals surface area contributed by atoms with Crippen LogP contribution in [0.4, 0.5) is 0 Å². The molecule has 3 nitrogen and oxygen atoms in total. The van der Waals surface area contributed by atoms with Crippen LogP contribution in [0.1, 0.15) is 20.3 Å². The molecule has 0 saturated heterocycles. The predicted octanol–water partition coefficient (Wildman–Crippen LogP) is 1.20. The van der Waals surface area contributed by atoms with E-state index in [9.17, 15) is 4.79 Å². The molecule has 1 aliphatic rings. The van der Waals surface area contributed by atoms with Crippen molar-refractivity contribution in [3.63, 3.8) is 0 Å². The Morgan fingerprint density at radius 1 is 1.46 bits per heavy atom. The number of amides is 1. The van der Waals surface area contributed by atoms with Gasteiger partial charge < -0.3 is 9.64 Å². The molecule has 0 aromatic rings. The van der Waals surface area contributed by atoms with Gasteiger partial charge in [-0.3, -0.25) is 4.79 Å². The van der Waals surface area contributed by atoms with Gasteiger partial charge in [0.05, 0.1) is 0 Å². The first-order valence-corrected chi connectivity index (χ1v) is 4.57. The van der Waals surface area contributed by atoms with Gasteiger partial charge in [-0.2, -0.15) is 0 Å². The van der Waals surface area contributed by atoms with Crippen LogP contribution in [0.5, 0.6) is 0 Å². The Labute approximate surface area is 79.4 Å². The number of ether oxygens (including phenoxy) is 1. The molecule has 0 unspecified atom stereocenters. The van der Waals surface area contributed by atoms with E-state index in [1.54, 1.807) is 7.11 Å². The Balaban J connectivity index is 2.53. The second-order valence-electron chi connectivity index (χ2n) is 3.56. The van der Waals surface area contributed by atoms with Gasteiger partial charge in [0, 0.05) is 20.2 Å². The number of hydrogen-bond donors (Lipinski definition) is 0. The van der Waals surface area contributed by atoms with E-state index in [2.05, 4.69) is 13.8 Å². The normalized spacial score (nSPS) is 17.9. The van der Waals surface area contributed by atoms with Gasteiger partial charge in [0.1, 0.15) is 6.61 Å². The molecule has 0 spiro atoms. The number of nitrogens with zero attached hydrogens (tertiary/aromatic N) is 1. The number of hydrogen-bond acceptors (Lipinski definition) is 2. The summed E-state index contributed by atoms with van der Waals surface area (Å²) in [6, 6.07) is 0. The Morgan fingerprint density at radius 3 is 2.69 bits per heavy atom. The highest BCUT2D eigenvalue weighted by Gasteiger charge is 2.18. The summed E-state index contributed by atoms with van der Waals surface area (Å²) in [6.45, 7) is 6.03. The maximum atomic E-state index is 11.4. The van der Waals surface area contributed by atoms with Gasteiger partial charge in [-0.05, 0) is 20.3 Å². The maximum absolute atomic E-state index is 11.4. The molecular weight excluding hydrogens is 166 g/mol. The Morgan fingerprint density at radius 2 is 2.15 bits per heavy atom. The van der Waals surface area contributed by atoms with Crippen molar-refractivity contribution in [2.45, 2.75) is 20.3 Å². The quantitative estimate of drug-likeness (QED) is 0.602. The highest BCUT2D eigenvalue weighted by molar-refractivity contribution is 5.78. The van der Waals surface area contributed by atoms with Gasteiger partial charge in [0.25, 0.3) is 0 Å². The summed E-state index contributed by atoms with van der Waals surface area (Å²) in [4.78, 5) is 13.3. The smallest absolute Gasteiger partial charge is 0.248 e. The second-order valence-corrected chi connectivity index (χ2v) is 3.56. The lowest BCUT2D eigenvalue weighted by atomic mass is 10.0. The van der Waals surface area contributed by atoms with E-state index in [0.29, 0.717) is 0 Å². The van der Waals surface area contributed by atoms with Crippen LogP contribution < -0.4 is 0 Å². The van der Waals surface area contributed by atoms with Crippen molar-refractivity contribution >= 4 is 5.91 Å². The monoisotopic (exact) mass is 183 g/mol. The van der Waals surface area contributed by atoms with Gasteiger partial charge in [-0.25, -0.2) is 0 Å². The van der Waals surface area contributed by atoms with E-state index in [-0.39, 0.29) is 12.5 Å². The molecule has 1 aliphatic heterocycles. The summed E-state index contributed by atoms with van der Waals surface area (Å²) in [5, 5.41) is 0. The molecule has 0 aliphatic carbocycles. The highest BCUT2D eigenvalue weighted by atomic mass is 16.5. The zero-order valence-corrected chi connectivity index (χ0v) is 8.59. The van der Waals surface area contributed by atoms with Crippen molar-refractivity contribution < 1.29 is 9.53 Å². The number of rotatable bonds is 2. The topological polar surface area (TPSA) is 29.5 Å². The lowest BCUT2D eigenvalue weighted by Crippen LogP contribution is -2.38. The molecule has 3 heteroatoms. The molecule has 0 N–H and O–H groups in total. The van der Waals surface area contributed by atoms with Crippen molar-refractivity contribution in [2.75, 3.05) is 26.8 Å². The molecule has 1 heterocycles. The van der Waals surface area contributed by atoms with E-state index >= 15 is 0 Å². The van der Waals surface area contributed by atoms with Gasteiger partial charge >= 0.3 is 0 Å². The van der Waals surface area contributed by atoms with Crippen LogP contribution >= 0.6 is 0 Å². The fraction of sp³-hybridized carbons (Fsp3) is 0.700. The van der Waals surface area contributed by atoms with Crippen LogP contribution in [0, 0.1) is 0 Å². The summed E-state index contributed by atoms with van der Waals surface area (Å²) in [7, 11) is 1.55. The zero-order valence-electron chi connectivity index (χ0n) is 8.59. The summed E-state index contributed by atoms with van der Waals surface area (Å²) in [6.07, 6.45) is 1.00. The lowest BCUT2D eigenvalue weighted by Gasteiger charge is -2.28. The maximum Gasteiger partial charge on any atom is 0.248 e. The van der Waals surface area contributed by atoms with Crippen LogP contribution in [-0.4, -0.2) is 37.6 Å². The molecule has 1 rings (SSSR count). The average molecular weight is 183 g/mol. The SMILES string of the molecule is COCC(=O)N1CCC(C)=C(C)C1. The van der Waals surface area contributed by atoms with Gasteiger partial charge in [-0.1, -0.05) is 11.1 Å². The van der Waals surface area contributed by atoms with Gasteiger partial charge in [0.15, 0.2) is 0 Å². The molecule has 74 valence electrons. The van der Waals surface area contributed by atoms with E-state index in [4.69, 9.17) is 4.74 Å². The summed E-state index contributed by atoms with van der Waals surface area (Å²) < 4.78 is 4.81. The molecule has 0 fully saturated rings. The molecule has 0 aromatic carbocycles. The van der Waals surface area contributed by atoms with E-state index < -0.39 is 0 Å². The molecule has 0 atom stereocenters. The lowest BCUT2D eigenvalue weighted by molar-refractivity contribution is -0.134. The fourth-order valence-electron chi connectivity index (χ4n) is 1.44. The molecule has 13 heavy (non-hydrogen) atoms. The van der Waals surface area contributed by atoms with E-state index in [1.165, 1.54) is 11.1 Å². The Kier molecular flexibility index (Phi) is 3.48. The van der Waals surface area contributed by atoms with E-state index in [1.807, 2.05) is 4.90 Å². The first-order valence-electron chi connectivity index (χ1n) is 4.57. The van der Waals surface area contributed by atoms with Crippen molar-refractivity contribution in [3.05, 3.63) is 11.1 Å². The van der Waals surface area contributed by atoms with Gasteiger partial charge in [-0.15, -0.1) is 0 Å². The van der Waals surface area contributed by atoms with Crippen molar-refractivity contribution in [1.29, 1.82) is 0 Å². The Bertz CT molecular complexity index is 233. The third-order valence-electron chi connectivity index (χ3n) is 2.53. The third kappa shape index (κ3) is 2.56. The molecule has 0 bridgehead atoms. The zero-order chi connectivity index (χ0) is 9.84. The minimum Gasteiger partial charge on any atom is -0.375 e. The largest absolute Gasteiger partial charge is 0.375 e. The Hall–Kier alpha value is -0.830. The molecule has 1 amide bonds. The first-order chi connectivity index (χ1) is 6.15. The summed E-state index contributed by atoms with van der Waals surface area (Å²) in [5.41, 5.74) is 2.73. The number of carbonyl (C=O) groups excluding carboxylic acids is 1. The van der Waals surface area contributed by atoms with Crippen molar-refractivity contribution in [1.82, 2.24) is 4.90 Å². The first kappa shape index (κ1) is 10.3. The van der Waals surface area contributed by atoms with Crippen LogP contribution in [0.15, 0.2) is 11.1 Å². The van der Waals surface area contributed by atoms with Gasteiger partial charge in [0.2, 0.25) is 5.91 Å². The third-order valence-corrected chi connectivity index (χ3v) is 2.53. The molecule has 0 radical (unpaired) electrons. The predicted molar refractivity (Wildman–Crippen MR) is 51.4 cm³/mol. The second kappa shape index (κ2) is 4.42. The minimum absolute atomic E-state index is 0.0920. The fourth-order valence-corrected chi connectivity index (χ4v) is 1.44. The number of carbonyl (C=O) groups is 1. The molecular formula is C10H17NO2. The van der Waals surface area contributed by atoms with Crippen LogP contribution in [0.3, 0.4) is 0 Å². The highest BCUT2D eigenvalue weighted by Crippen LogP contribution is 2.16. The van der Waals surface area contributed by atoms with E-state index in [0.717, 1.165) is 19.5 Å². The average Bonchev–Trinajstić information content (AvgIpc) is 2.10. The summed E-state index contributed by atoms with van der Waals surface area (Å²) >= 11 is 0. The molecule has 0 saturated carbocycles. The standard InChI is InChI=1S/C10H17NO2/c1-8-4-5-11(6-9(8)2)10(12)7-13-3/h4-7H2,1-3H3.